The van der Waals surface area contributed by atoms with Gasteiger partial charge in [-0.05, 0) is 25.1 Å². The molecule has 1 aromatic carbocycles. The van der Waals surface area contributed by atoms with Crippen molar-refractivity contribution < 1.29 is 19.6 Å². The van der Waals surface area contributed by atoms with E-state index >= 15 is 0 Å². The number of carboxylic acid groups (broad SMARTS) is 1. The zero-order valence-corrected chi connectivity index (χ0v) is 12.2. The molecule has 1 fully saturated rings. The van der Waals surface area contributed by atoms with E-state index in [9.17, 15) is 14.9 Å². The quantitative estimate of drug-likeness (QED) is 0.446. The largest absolute Gasteiger partial charge is 0.478 e. The number of nitro benzene ring substituents is 1. The second-order valence-electron chi connectivity index (χ2n) is 5.03. The molecule has 1 saturated heterocycles. The molecule has 8 heteroatoms. The number of nitrogens with one attached hydrogen (secondary N) is 1. The predicted octanol–water partition coefficient (Wildman–Crippen LogP) is 1.43. The maximum absolute atomic E-state index is 11.0. The predicted molar refractivity (Wildman–Crippen MR) is 80.4 cm³/mol. The molecule has 0 spiro atoms. The van der Waals surface area contributed by atoms with Crippen LogP contribution in [0.4, 0.5) is 11.4 Å². The number of hydrogen-bond acceptors (Lipinski definition) is 6. The SMILES string of the molecule is O=C(O)c1ccc(NCCCN2CCOCC2)c([N+](=O)[O-])c1. The number of benzene rings is 1. The lowest BCUT2D eigenvalue weighted by Gasteiger charge is -2.26. The molecule has 0 atom stereocenters. The van der Waals surface area contributed by atoms with E-state index in [-0.39, 0.29) is 11.3 Å². The van der Waals surface area contributed by atoms with Gasteiger partial charge in [0.2, 0.25) is 0 Å². The van der Waals surface area contributed by atoms with Gasteiger partial charge in [0, 0.05) is 25.7 Å². The van der Waals surface area contributed by atoms with Crippen molar-refractivity contribution in [2.75, 3.05) is 44.7 Å². The van der Waals surface area contributed by atoms with Gasteiger partial charge in [0.05, 0.1) is 23.7 Å². The van der Waals surface area contributed by atoms with Crippen molar-refractivity contribution in [2.45, 2.75) is 6.42 Å². The minimum atomic E-state index is -1.18. The third kappa shape index (κ3) is 4.40. The van der Waals surface area contributed by atoms with Crippen molar-refractivity contribution in [3.8, 4) is 0 Å². The van der Waals surface area contributed by atoms with E-state index in [4.69, 9.17) is 9.84 Å². The summed E-state index contributed by atoms with van der Waals surface area (Å²) in [5.41, 5.74) is 0.0359. The number of aromatic carboxylic acids is 1. The first-order valence-electron chi connectivity index (χ1n) is 7.13. The minimum absolute atomic E-state index is 0.0921. The Balaban J connectivity index is 1.88. The summed E-state index contributed by atoms with van der Waals surface area (Å²) in [6.45, 7) is 4.80. The summed E-state index contributed by atoms with van der Waals surface area (Å²) in [6, 6.07) is 3.88. The van der Waals surface area contributed by atoms with Gasteiger partial charge in [0.15, 0.2) is 0 Å². The Morgan fingerprint density at radius 1 is 1.41 bits per heavy atom. The monoisotopic (exact) mass is 309 g/mol. The van der Waals surface area contributed by atoms with Crippen LogP contribution in [0.3, 0.4) is 0 Å². The fourth-order valence-electron chi connectivity index (χ4n) is 2.32. The van der Waals surface area contributed by atoms with E-state index < -0.39 is 10.9 Å². The maximum Gasteiger partial charge on any atom is 0.335 e. The summed E-state index contributed by atoms with van der Waals surface area (Å²) in [6.07, 6.45) is 0.845. The minimum Gasteiger partial charge on any atom is -0.478 e. The molecule has 22 heavy (non-hydrogen) atoms. The van der Waals surface area contributed by atoms with Crippen LogP contribution in [0.1, 0.15) is 16.8 Å². The van der Waals surface area contributed by atoms with Crippen LogP contribution in [0.15, 0.2) is 18.2 Å². The lowest BCUT2D eigenvalue weighted by Crippen LogP contribution is -2.37. The third-order valence-corrected chi connectivity index (χ3v) is 3.51. The smallest absolute Gasteiger partial charge is 0.335 e. The normalized spacial score (nSPS) is 15.5. The van der Waals surface area contributed by atoms with Crippen molar-refractivity contribution in [2.24, 2.45) is 0 Å². The number of anilines is 1. The molecule has 120 valence electrons. The van der Waals surface area contributed by atoms with Crippen LogP contribution in [0.25, 0.3) is 0 Å². The number of nitro groups is 1. The van der Waals surface area contributed by atoms with Gasteiger partial charge in [-0.3, -0.25) is 15.0 Å². The molecule has 2 rings (SSSR count). The lowest BCUT2D eigenvalue weighted by molar-refractivity contribution is -0.384. The molecule has 0 saturated carbocycles. The summed E-state index contributed by atoms with van der Waals surface area (Å²) >= 11 is 0. The highest BCUT2D eigenvalue weighted by molar-refractivity contribution is 5.89. The Labute approximate surface area is 127 Å². The third-order valence-electron chi connectivity index (χ3n) is 3.51. The van der Waals surface area contributed by atoms with Gasteiger partial charge in [-0.2, -0.15) is 0 Å². The molecule has 0 aliphatic carbocycles. The van der Waals surface area contributed by atoms with Crippen LogP contribution in [-0.2, 0) is 4.74 Å². The summed E-state index contributed by atoms with van der Waals surface area (Å²) in [5.74, 6) is -1.18. The van der Waals surface area contributed by atoms with E-state index in [0.29, 0.717) is 12.2 Å². The molecule has 0 radical (unpaired) electrons. The van der Waals surface area contributed by atoms with Gasteiger partial charge < -0.3 is 15.2 Å². The fraction of sp³-hybridized carbons (Fsp3) is 0.500. The molecule has 0 aromatic heterocycles. The summed E-state index contributed by atoms with van der Waals surface area (Å²) in [4.78, 5) is 23.6. The number of carboxylic acids is 1. The molecule has 0 unspecified atom stereocenters. The van der Waals surface area contributed by atoms with Gasteiger partial charge in [0.1, 0.15) is 5.69 Å². The first-order valence-corrected chi connectivity index (χ1v) is 7.13. The van der Waals surface area contributed by atoms with Gasteiger partial charge in [-0.15, -0.1) is 0 Å². The Morgan fingerprint density at radius 3 is 2.77 bits per heavy atom. The zero-order chi connectivity index (χ0) is 15.9. The average Bonchev–Trinajstić information content (AvgIpc) is 2.52. The van der Waals surface area contributed by atoms with Gasteiger partial charge in [0.25, 0.3) is 5.69 Å². The van der Waals surface area contributed by atoms with Crippen molar-refractivity contribution in [3.63, 3.8) is 0 Å². The van der Waals surface area contributed by atoms with Crippen LogP contribution in [0.2, 0.25) is 0 Å². The zero-order valence-electron chi connectivity index (χ0n) is 12.2. The standard InChI is InChI=1S/C14H19N3O5/c18-14(19)11-2-3-12(13(10-11)17(20)21)15-4-1-5-16-6-8-22-9-7-16/h2-3,10,15H,1,4-9H2,(H,18,19). The number of morpholine rings is 1. The molecule has 2 N–H and O–H groups in total. The highest BCUT2D eigenvalue weighted by Crippen LogP contribution is 2.25. The van der Waals surface area contributed by atoms with Crippen LogP contribution in [0, 0.1) is 10.1 Å². The topological polar surface area (TPSA) is 105 Å². The van der Waals surface area contributed by atoms with Crippen LogP contribution in [-0.4, -0.2) is 60.3 Å². The van der Waals surface area contributed by atoms with Crippen molar-refractivity contribution in [1.82, 2.24) is 4.90 Å². The molecule has 0 amide bonds. The Kier molecular flexibility index (Phi) is 5.68. The number of nitrogens with zero attached hydrogens (tertiary/aromatic N) is 2. The fourth-order valence-corrected chi connectivity index (χ4v) is 2.32. The van der Waals surface area contributed by atoms with E-state index in [1.807, 2.05) is 0 Å². The summed E-state index contributed by atoms with van der Waals surface area (Å²) in [5, 5.41) is 22.9. The lowest BCUT2D eigenvalue weighted by atomic mass is 10.1. The first-order chi connectivity index (χ1) is 10.6. The average molecular weight is 309 g/mol. The second-order valence-corrected chi connectivity index (χ2v) is 5.03. The molecule has 1 aromatic rings. The maximum atomic E-state index is 11.0. The molecule has 1 heterocycles. The molecule has 1 aliphatic heterocycles. The van der Waals surface area contributed by atoms with E-state index in [2.05, 4.69) is 10.2 Å². The summed E-state index contributed by atoms with van der Waals surface area (Å²) < 4.78 is 5.27. The number of hydrogen-bond donors (Lipinski definition) is 2. The number of rotatable bonds is 7. The van der Waals surface area contributed by atoms with Crippen LogP contribution in [0.5, 0.6) is 0 Å². The second kappa shape index (κ2) is 7.71. The highest BCUT2D eigenvalue weighted by Gasteiger charge is 2.17. The van der Waals surface area contributed by atoms with Crippen molar-refractivity contribution >= 4 is 17.3 Å². The van der Waals surface area contributed by atoms with Crippen LogP contribution < -0.4 is 5.32 Å². The van der Waals surface area contributed by atoms with Crippen molar-refractivity contribution in [1.29, 1.82) is 0 Å². The number of carbonyl (C=O) groups is 1. The molecular weight excluding hydrogens is 290 g/mol. The van der Waals surface area contributed by atoms with Crippen molar-refractivity contribution in [3.05, 3.63) is 33.9 Å². The molecular formula is C14H19N3O5. The van der Waals surface area contributed by atoms with Gasteiger partial charge in [-0.25, -0.2) is 4.79 Å². The van der Waals surface area contributed by atoms with Gasteiger partial charge in [-0.1, -0.05) is 0 Å². The van der Waals surface area contributed by atoms with Crippen LogP contribution >= 0.6 is 0 Å². The van der Waals surface area contributed by atoms with E-state index in [1.54, 1.807) is 0 Å². The Morgan fingerprint density at radius 2 is 2.14 bits per heavy atom. The van der Waals surface area contributed by atoms with E-state index in [1.165, 1.54) is 12.1 Å². The molecule has 1 aliphatic rings. The number of ether oxygens (including phenoxy) is 1. The van der Waals surface area contributed by atoms with E-state index in [0.717, 1.165) is 45.3 Å². The molecule has 0 bridgehead atoms. The first kappa shape index (κ1) is 16.2. The summed E-state index contributed by atoms with van der Waals surface area (Å²) in [7, 11) is 0. The Hall–Kier alpha value is -2.19. The Bertz CT molecular complexity index is 543. The molecule has 8 nitrogen and oxygen atoms in total. The highest BCUT2D eigenvalue weighted by atomic mass is 16.6. The van der Waals surface area contributed by atoms with Gasteiger partial charge >= 0.3 is 5.97 Å².